The van der Waals surface area contributed by atoms with Gasteiger partial charge in [0.1, 0.15) is 0 Å². The molecule has 1 atom stereocenters. The summed E-state index contributed by atoms with van der Waals surface area (Å²) in [4.78, 5) is 4.79. The third-order valence-electron chi connectivity index (χ3n) is 3.47. The van der Waals surface area contributed by atoms with E-state index in [-0.39, 0.29) is 0 Å². The van der Waals surface area contributed by atoms with Gasteiger partial charge in [-0.3, -0.25) is 0 Å². The van der Waals surface area contributed by atoms with Gasteiger partial charge < -0.3 is 15.5 Å². The largest absolute Gasteiger partial charge is 0.375 e. The Morgan fingerprint density at radius 1 is 1.35 bits per heavy atom. The predicted molar refractivity (Wildman–Crippen MR) is 73.4 cm³/mol. The molecule has 1 aromatic carbocycles. The molecule has 3 nitrogen and oxygen atoms in total. The molecule has 94 valence electrons. The van der Waals surface area contributed by atoms with E-state index in [0.717, 1.165) is 19.5 Å². The van der Waals surface area contributed by atoms with Crippen LogP contribution in [0.2, 0.25) is 0 Å². The average molecular weight is 233 g/mol. The molecule has 0 radical (unpaired) electrons. The summed E-state index contributed by atoms with van der Waals surface area (Å²) in [6.07, 6.45) is 2.37. The molecule has 1 saturated heterocycles. The predicted octanol–water partition coefficient (Wildman–Crippen LogP) is 1.55. The van der Waals surface area contributed by atoms with Crippen LogP contribution in [-0.2, 0) is 0 Å². The van der Waals surface area contributed by atoms with Crippen molar-refractivity contribution in [2.24, 2.45) is 5.73 Å². The van der Waals surface area contributed by atoms with Crippen LogP contribution in [0.1, 0.15) is 12.8 Å². The number of nitrogens with two attached hydrogens (primary N) is 1. The fraction of sp³-hybridized carbons (Fsp3) is 0.571. The summed E-state index contributed by atoms with van der Waals surface area (Å²) in [6.45, 7) is 4.53. The first kappa shape index (κ1) is 12.4. The van der Waals surface area contributed by atoms with E-state index in [1.165, 1.54) is 25.2 Å². The molecule has 1 aliphatic rings. The fourth-order valence-electron chi connectivity index (χ4n) is 2.41. The maximum absolute atomic E-state index is 5.90. The molecular weight excluding hydrogens is 210 g/mol. The molecule has 0 spiro atoms. The second-order valence-corrected chi connectivity index (χ2v) is 4.96. The maximum Gasteiger partial charge on any atom is 0.0363 e. The molecule has 17 heavy (non-hydrogen) atoms. The van der Waals surface area contributed by atoms with Crippen LogP contribution in [-0.4, -0.2) is 44.2 Å². The lowest BCUT2D eigenvalue weighted by atomic mass is 10.3. The van der Waals surface area contributed by atoms with E-state index in [4.69, 9.17) is 5.73 Å². The number of hydrogen-bond donors (Lipinski definition) is 1. The number of para-hydroxylation sites is 1. The van der Waals surface area contributed by atoms with Crippen molar-refractivity contribution in [1.29, 1.82) is 0 Å². The standard InChI is InChI=1S/C14H23N3/c1-16(14-6-3-2-4-7-14)9-5-10-17-11-8-13(15)12-17/h2-4,6-7,13H,5,8-12,15H2,1H3. The molecule has 0 aromatic heterocycles. The zero-order valence-electron chi connectivity index (χ0n) is 10.7. The van der Waals surface area contributed by atoms with Gasteiger partial charge in [0, 0.05) is 31.9 Å². The molecule has 2 N–H and O–H groups in total. The molecular formula is C14H23N3. The molecule has 3 heteroatoms. The maximum atomic E-state index is 5.90. The Hall–Kier alpha value is -1.06. The molecule has 0 saturated carbocycles. The van der Waals surface area contributed by atoms with E-state index >= 15 is 0 Å². The smallest absolute Gasteiger partial charge is 0.0363 e. The van der Waals surface area contributed by atoms with E-state index in [1.54, 1.807) is 0 Å². The van der Waals surface area contributed by atoms with Crippen LogP contribution in [0.5, 0.6) is 0 Å². The zero-order chi connectivity index (χ0) is 12.1. The highest BCUT2D eigenvalue weighted by Gasteiger charge is 2.18. The Kier molecular flexibility index (Phi) is 4.40. The fourth-order valence-corrected chi connectivity index (χ4v) is 2.41. The van der Waals surface area contributed by atoms with Crippen molar-refractivity contribution in [2.75, 3.05) is 38.1 Å². The summed E-state index contributed by atoms with van der Waals surface area (Å²) < 4.78 is 0. The van der Waals surface area contributed by atoms with E-state index < -0.39 is 0 Å². The van der Waals surface area contributed by atoms with Crippen molar-refractivity contribution < 1.29 is 0 Å². The van der Waals surface area contributed by atoms with Gasteiger partial charge in [-0.05, 0) is 38.1 Å². The van der Waals surface area contributed by atoms with Crippen LogP contribution >= 0.6 is 0 Å². The Labute approximate surface area is 104 Å². The van der Waals surface area contributed by atoms with Crippen LogP contribution in [0.25, 0.3) is 0 Å². The van der Waals surface area contributed by atoms with Gasteiger partial charge in [0.05, 0.1) is 0 Å². The average Bonchev–Trinajstić information content (AvgIpc) is 2.76. The van der Waals surface area contributed by atoms with E-state index in [9.17, 15) is 0 Å². The Morgan fingerprint density at radius 3 is 2.76 bits per heavy atom. The molecule has 1 unspecified atom stereocenters. The topological polar surface area (TPSA) is 32.5 Å². The number of rotatable bonds is 5. The van der Waals surface area contributed by atoms with Crippen molar-refractivity contribution in [3.05, 3.63) is 30.3 Å². The van der Waals surface area contributed by atoms with E-state index in [1.807, 2.05) is 0 Å². The highest BCUT2D eigenvalue weighted by atomic mass is 15.2. The SMILES string of the molecule is CN(CCCN1CCC(N)C1)c1ccccc1. The van der Waals surface area contributed by atoms with Crippen molar-refractivity contribution in [2.45, 2.75) is 18.9 Å². The summed E-state index contributed by atoms with van der Waals surface area (Å²) in [5.74, 6) is 0. The number of nitrogens with zero attached hydrogens (tertiary/aromatic N) is 2. The number of hydrogen-bond acceptors (Lipinski definition) is 3. The minimum atomic E-state index is 0.404. The quantitative estimate of drug-likeness (QED) is 0.837. The first-order valence-corrected chi connectivity index (χ1v) is 6.50. The minimum Gasteiger partial charge on any atom is -0.375 e. The van der Waals surface area contributed by atoms with Crippen molar-refractivity contribution >= 4 is 5.69 Å². The summed E-state index contributed by atoms with van der Waals surface area (Å²) in [7, 11) is 2.16. The molecule has 0 amide bonds. The number of benzene rings is 1. The van der Waals surface area contributed by atoms with Crippen LogP contribution < -0.4 is 10.6 Å². The highest BCUT2D eigenvalue weighted by molar-refractivity contribution is 5.44. The van der Waals surface area contributed by atoms with Gasteiger partial charge in [-0.2, -0.15) is 0 Å². The highest BCUT2D eigenvalue weighted by Crippen LogP contribution is 2.12. The third-order valence-corrected chi connectivity index (χ3v) is 3.47. The van der Waals surface area contributed by atoms with Gasteiger partial charge in [-0.25, -0.2) is 0 Å². The summed E-state index contributed by atoms with van der Waals surface area (Å²) in [5.41, 5.74) is 7.19. The van der Waals surface area contributed by atoms with Crippen molar-refractivity contribution in [3.8, 4) is 0 Å². The van der Waals surface area contributed by atoms with E-state index in [0.29, 0.717) is 6.04 Å². The summed E-state index contributed by atoms with van der Waals surface area (Å²) in [6, 6.07) is 11.0. The van der Waals surface area contributed by atoms with E-state index in [2.05, 4.69) is 47.2 Å². The lowest BCUT2D eigenvalue weighted by molar-refractivity contribution is 0.331. The van der Waals surface area contributed by atoms with Crippen LogP contribution in [0, 0.1) is 0 Å². The second-order valence-electron chi connectivity index (χ2n) is 4.96. The Bertz CT molecular complexity index is 325. The van der Waals surface area contributed by atoms with Gasteiger partial charge in [-0.1, -0.05) is 18.2 Å². The molecule has 1 aromatic rings. The first-order valence-electron chi connectivity index (χ1n) is 6.50. The monoisotopic (exact) mass is 233 g/mol. The number of anilines is 1. The molecule has 0 aliphatic carbocycles. The van der Waals surface area contributed by atoms with Crippen LogP contribution in [0.3, 0.4) is 0 Å². The normalized spacial score (nSPS) is 20.7. The molecule has 0 bridgehead atoms. The van der Waals surface area contributed by atoms with Gasteiger partial charge >= 0.3 is 0 Å². The third kappa shape index (κ3) is 3.72. The minimum absolute atomic E-state index is 0.404. The Morgan fingerprint density at radius 2 is 2.12 bits per heavy atom. The summed E-state index contributed by atoms with van der Waals surface area (Å²) >= 11 is 0. The van der Waals surface area contributed by atoms with Gasteiger partial charge in [0.25, 0.3) is 0 Å². The van der Waals surface area contributed by atoms with Gasteiger partial charge in [-0.15, -0.1) is 0 Å². The van der Waals surface area contributed by atoms with Crippen LogP contribution in [0.15, 0.2) is 30.3 Å². The second kappa shape index (κ2) is 6.03. The van der Waals surface area contributed by atoms with Crippen molar-refractivity contribution in [1.82, 2.24) is 4.90 Å². The lowest BCUT2D eigenvalue weighted by Crippen LogP contribution is -2.29. The van der Waals surface area contributed by atoms with Gasteiger partial charge in [0.2, 0.25) is 0 Å². The molecule has 1 fully saturated rings. The van der Waals surface area contributed by atoms with Crippen molar-refractivity contribution in [3.63, 3.8) is 0 Å². The molecule has 1 aliphatic heterocycles. The van der Waals surface area contributed by atoms with Crippen LogP contribution in [0.4, 0.5) is 5.69 Å². The first-order chi connectivity index (χ1) is 8.25. The molecule has 2 rings (SSSR count). The zero-order valence-corrected chi connectivity index (χ0v) is 10.7. The molecule has 1 heterocycles. The summed E-state index contributed by atoms with van der Waals surface area (Å²) in [5, 5.41) is 0. The number of likely N-dealkylation sites (tertiary alicyclic amines) is 1. The van der Waals surface area contributed by atoms with Gasteiger partial charge in [0.15, 0.2) is 0 Å². The lowest BCUT2D eigenvalue weighted by Gasteiger charge is -2.21. The Balaban J connectivity index is 1.68.